The first-order chi connectivity index (χ1) is 25.7. The average molecular weight is 753 g/mol. The highest BCUT2D eigenvalue weighted by atomic mass is 16.7. The number of carboxylic acids is 1. The molecule has 1 aliphatic heterocycles. The topological polar surface area (TPSA) is 169 Å². The van der Waals surface area contributed by atoms with Crippen molar-refractivity contribution in [2.45, 2.75) is 198 Å². The number of aliphatic hydroxyl groups is 3. The summed E-state index contributed by atoms with van der Waals surface area (Å²) in [6.07, 6.45) is 26.3. The second-order valence-corrected chi connectivity index (χ2v) is 14.1. The third-order valence-corrected chi connectivity index (χ3v) is 9.25. The number of aliphatic hydroxyl groups excluding tert-OH is 3. The molecule has 1 aliphatic rings. The molecule has 11 heteroatoms. The van der Waals surface area contributed by atoms with Crippen molar-refractivity contribution in [3.05, 3.63) is 36.5 Å². The molecule has 0 amide bonds. The number of allylic oxidation sites excluding steroid dienone is 6. The number of carboxylic acid groups (broad SMARTS) is 1. The van der Waals surface area contributed by atoms with Crippen molar-refractivity contribution >= 4 is 17.9 Å². The Hall–Kier alpha value is -2.57. The number of hydrogen-bond donors (Lipinski definition) is 4. The molecule has 1 rings (SSSR count). The summed E-state index contributed by atoms with van der Waals surface area (Å²) in [6.45, 7) is 3.66. The van der Waals surface area contributed by atoms with Gasteiger partial charge >= 0.3 is 17.9 Å². The lowest BCUT2D eigenvalue weighted by Gasteiger charge is -2.38. The maximum absolute atomic E-state index is 12.7. The molecule has 306 valence electrons. The number of carbonyl (C=O) groups is 3. The maximum atomic E-state index is 12.7. The van der Waals surface area contributed by atoms with E-state index in [2.05, 4.69) is 50.3 Å². The molecule has 11 nitrogen and oxygen atoms in total. The third kappa shape index (κ3) is 25.2. The monoisotopic (exact) mass is 753 g/mol. The Kier molecular flexibility index (Phi) is 30.0. The van der Waals surface area contributed by atoms with E-state index in [0.717, 1.165) is 57.8 Å². The van der Waals surface area contributed by atoms with Gasteiger partial charge < -0.3 is 39.4 Å². The molecule has 6 atom stereocenters. The molecule has 0 aromatic carbocycles. The van der Waals surface area contributed by atoms with Gasteiger partial charge in [0.15, 0.2) is 18.5 Å². The standard InChI is InChI=1S/C42H72O11/c1-3-5-7-9-11-13-15-17-19-21-23-25-27-29-31-36(44)52-34(33-51-42-39(47)37(45)38(46)40(53-42)41(48)49)32-50-35(43)30-28-26-24-22-20-18-16-14-12-10-8-6-4-2/h6,8,12,14,18,20,34,37-40,42,45-47H,3-5,7,9-11,13,15-17,19,21-33H2,1-2H3,(H,48,49)/b8-6-,14-12-,20-18-. The van der Waals surface area contributed by atoms with E-state index >= 15 is 0 Å². The zero-order chi connectivity index (χ0) is 38.9. The zero-order valence-corrected chi connectivity index (χ0v) is 32.8. The van der Waals surface area contributed by atoms with Crippen LogP contribution in [0.2, 0.25) is 0 Å². The molecular weight excluding hydrogens is 680 g/mol. The fraction of sp³-hybridized carbons (Fsp3) is 0.786. The zero-order valence-electron chi connectivity index (χ0n) is 32.8. The Labute approximate surface area is 319 Å². The van der Waals surface area contributed by atoms with Crippen LogP contribution in [0.25, 0.3) is 0 Å². The number of esters is 2. The van der Waals surface area contributed by atoms with Crippen LogP contribution in [0.3, 0.4) is 0 Å². The van der Waals surface area contributed by atoms with Crippen LogP contribution < -0.4 is 0 Å². The van der Waals surface area contributed by atoms with Gasteiger partial charge in [-0.05, 0) is 44.9 Å². The highest BCUT2D eigenvalue weighted by Crippen LogP contribution is 2.23. The minimum Gasteiger partial charge on any atom is -0.479 e. The third-order valence-electron chi connectivity index (χ3n) is 9.25. The van der Waals surface area contributed by atoms with Crippen LogP contribution in [0.4, 0.5) is 0 Å². The van der Waals surface area contributed by atoms with E-state index in [9.17, 15) is 34.8 Å². The van der Waals surface area contributed by atoms with Crippen molar-refractivity contribution in [1.29, 1.82) is 0 Å². The van der Waals surface area contributed by atoms with Gasteiger partial charge in [-0.15, -0.1) is 0 Å². The SMILES string of the molecule is CC/C=C\C/C=C\C/C=C\CCCCCC(=O)OCC(COC1OC(C(=O)O)C(O)C(O)C1O)OC(=O)CCCCCCCCCCCCCCCC. The molecule has 0 radical (unpaired) electrons. The molecule has 6 unspecified atom stereocenters. The van der Waals surface area contributed by atoms with E-state index in [1.54, 1.807) is 0 Å². The van der Waals surface area contributed by atoms with Gasteiger partial charge in [0, 0.05) is 12.8 Å². The van der Waals surface area contributed by atoms with Crippen molar-refractivity contribution in [2.24, 2.45) is 0 Å². The average Bonchev–Trinajstić information content (AvgIpc) is 3.14. The predicted octanol–water partition coefficient (Wildman–Crippen LogP) is 8.03. The number of carbonyl (C=O) groups excluding carboxylic acids is 2. The van der Waals surface area contributed by atoms with Gasteiger partial charge in [0.1, 0.15) is 24.9 Å². The summed E-state index contributed by atoms with van der Waals surface area (Å²) in [5.41, 5.74) is 0. The Morgan fingerprint density at radius 3 is 1.68 bits per heavy atom. The van der Waals surface area contributed by atoms with Crippen LogP contribution in [0, 0.1) is 0 Å². The quantitative estimate of drug-likeness (QED) is 0.0291. The van der Waals surface area contributed by atoms with E-state index in [1.165, 1.54) is 64.2 Å². The van der Waals surface area contributed by atoms with Gasteiger partial charge in [0.05, 0.1) is 6.61 Å². The van der Waals surface area contributed by atoms with E-state index in [1.807, 2.05) is 0 Å². The van der Waals surface area contributed by atoms with E-state index < -0.39 is 61.3 Å². The summed E-state index contributed by atoms with van der Waals surface area (Å²) in [5, 5.41) is 39.7. The fourth-order valence-corrected chi connectivity index (χ4v) is 6.01. The largest absolute Gasteiger partial charge is 0.479 e. The first-order valence-electron chi connectivity index (χ1n) is 20.5. The van der Waals surface area contributed by atoms with Gasteiger partial charge in [0.25, 0.3) is 0 Å². The van der Waals surface area contributed by atoms with Crippen molar-refractivity contribution in [3.8, 4) is 0 Å². The van der Waals surface area contributed by atoms with Crippen LogP contribution in [0.5, 0.6) is 0 Å². The summed E-state index contributed by atoms with van der Waals surface area (Å²) < 4.78 is 21.6. The molecule has 1 saturated heterocycles. The molecule has 4 N–H and O–H groups in total. The van der Waals surface area contributed by atoms with E-state index in [0.29, 0.717) is 12.8 Å². The smallest absolute Gasteiger partial charge is 0.335 e. The molecule has 0 bridgehead atoms. The lowest BCUT2D eigenvalue weighted by molar-refractivity contribution is -0.298. The number of aliphatic carboxylic acids is 1. The van der Waals surface area contributed by atoms with Gasteiger partial charge in [-0.1, -0.05) is 140 Å². The molecule has 0 saturated carbocycles. The summed E-state index contributed by atoms with van der Waals surface area (Å²) >= 11 is 0. The van der Waals surface area contributed by atoms with Crippen molar-refractivity contribution in [1.82, 2.24) is 0 Å². The predicted molar refractivity (Wildman–Crippen MR) is 206 cm³/mol. The molecule has 0 aromatic heterocycles. The maximum Gasteiger partial charge on any atom is 0.335 e. The highest BCUT2D eigenvalue weighted by Gasteiger charge is 2.47. The van der Waals surface area contributed by atoms with Crippen LogP contribution >= 0.6 is 0 Å². The highest BCUT2D eigenvalue weighted by molar-refractivity contribution is 5.73. The van der Waals surface area contributed by atoms with Crippen molar-refractivity contribution in [3.63, 3.8) is 0 Å². The Balaban J connectivity index is 2.43. The number of unbranched alkanes of at least 4 members (excludes halogenated alkanes) is 16. The first kappa shape index (κ1) is 48.4. The molecule has 0 aromatic rings. The second kappa shape index (κ2) is 32.8. The Morgan fingerprint density at radius 2 is 1.11 bits per heavy atom. The molecule has 53 heavy (non-hydrogen) atoms. The molecule has 1 heterocycles. The van der Waals surface area contributed by atoms with E-state index in [-0.39, 0.29) is 19.4 Å². The number of ether oxygens (including phenoxy) is 4. The molecular formula is C42H72O11. The van der Waals surface area contributed by atoms with Gasteiger partial charge in [0.2, 0.25) is 0 Å². The Bertz CT molecular complexity index is 1030. The van der Waals surface area contributed by atoms with Crippen LogP contribution in [0.1, 0.15) is 162 Å². The summed E-state index contributed by atoms with van der Waals surface area (Å²) in [4.78, 5) is 36.7. The summed E-state index contributed by atoms with van der Waals surface area (Å²) in [7, 11) is 0. The van der Waals surface area contributed by atoms with Gasteiger partial charge in [-0.3, -0.25) is 9.59 Å². The fourth-order valence-electron chi connectivity index (χ4n) is 6.01. The number of hydrogen-bond acceptors (Lipinski definition) is 10. The molecule has 1 fully saturated rings. The lowest BCUT2D eigenvalue weighted by Crippen LogP contribution is -2.60. The summed E-state index contributed by atoms with van der Waals surface area (Å²) in [5.74, 6) is -2.48. The van der Waals surface area contributed by atoms with Crippen LogP contribution in [-0.4, -0.2) is 88.4 Å². The van der Waals surface area contributed by atoms with Gasteiger partial charge in [-0.2, -0.15) is 0 Å². The van der Waals surface area contributed by atoms with Crippen molar-refractivity contribution < 1.29 is 53.8 Å². The minimum atomic E-state index is -1.86. The van der Waals surface area contributed by atoms with Crippen LogP contribution in [0.15, 0.2) is 36.5 Å². The van der Waals surface area contributed by atoms with Crippen molar-refractivity contribution in [2.75, 3.05) is 13.2 Å². The lowest BCUT2D eigenvalue weighted by atomic mass is 9.99. The van der Waals surface area contributed by atoms with Gasteiger partial charge in [-0.25, -0.2) is 4.79 Å². The second-order valence-electron chi connectivity index (χ2n) is 14.1. The first-order valence-corrected chi connectivity index (χ1v) is 20.5. The Morgan fingerprint density at radius 1 is 0.604 bits per heavy atom. The van der Waals surface area contributed by atoms with E-state index in [4.69, 9.17) is 18.9 Å². The normalized spacial score (nSPS) is 21.1. The van der Waals surface area contributed by atoms with Crippen LogP contribution in [-0.2, 0) is 33.3 Å². The minimum absolute atomic E-state index is 0.179. The summed E-state index contributed by atoms with van der Waals surface area (Å²) in [6, 6.07) is 0. The molecule has 0 aliphatic carbocycles. The number of rotatable bonds is 33. The molecule has 0 spiro atoms.